The van der Waals surface area contributed by atoms with Crippen molar-refractivity contribution in [2.24, 2.45) is 4.99 Å². The molecule has 0 spiro atoms. The lowest BCUT2D eigenvalue weighted by atomic mass is 10.1. The van der Waals surface area contributed by atoms with E-state index in [9.17, 15) is 4.79 Å². The predicted molar refractivity (Wildman–Crippen MR) is 43.1 cm³/mol. The van der Waals surface area contributed by atoms with Crippen molar-refractivity contribution >= 4 is 12.5 Å². The molecule has 0 unspecified atom stereocenters. The number of aldehydes is 1. The van der Waals surface area contributed by atoms with E-state index < -0.39 is 0 Å². The van der Waals surface area contributed by atoms with Crippen molar-refractivity contribution < 1.29 is 4.79 Å². The molecule has 0 saturated heterocycles. The highest BCUT2D eigenvalue weighted by atomic mass is 16.1. The van der Waals surface area contributed by atoms with Gasteiger partial charge >= 0.3 is 0 Å². The molecule has 0 N–H and O–H groups in total. The first-order chi connectivity index (χ1) is 5.40. The molecule has 1 aliphatic rings. The summed E-state index contributed by atoms with van der Waals surface area (Å²) in [5.41, 5.74) is 3.01. The molecule has 2 nitrogen and oxygen atoms in total. The third-order valence-corrected chi connectivity index (χ3v) is 1.80. The second-order valence-electron chi connectivity index (χ2n) is 2.55. The monoisotopic (exact) mass is 145 g/mol. The molecule has 11 heavy (non-hydrogen) atoms. The van der Waals surface area contributed by atoms with Crippen molar-refractivity contribution in [2.75, 3.05) is 0 Å². The molecular formula is C9H7NO. The number of hydrogen-bond acceptors (Lipinski definition) is 2. The lowest BCUT2D eigenvalue weighted by Crippen LogP contribution is -1.86. The van der Waals surface area contributed by atoms with Crippen molar-refractivity contribution in [3.05, 3.63) is 34.9 Å². The molecular weight excluding hydrogens is 138 g/mol. The number of hydrogen-bond donors (Lipinski definition) is 0. The van der Waals surface area contributed by atoms with Crippen LogP contribution in [0.2, 0.25) is 0 Å². The number of aliphatic imine (C=N–C) groups is 1. The van der Waals surface area contributed by atoms with Crippen LogP contribution in [-0.2, 0) is 6.54 Å². The second kappa shape index (κ2) is 2.31. The first kappa shape index (κ1) is 6.28. The molecule has 2 heteroatoms. The van der Waals surface area contributed by atoms with Crippen LogP contribution in [-0.4, -0.2) is 12.5 Å². The number of nitrogens with zero attached hydrogens (tertiary/aromatic N) is 1. The summed E-state index contributed by atoms with van der Waals surface area (Å²) in [5.74, 6) is 0. The minimum atomic E-state index is 0.719. The SMILES string of the molecule is O=Cc1ccc2c(c1)CN=C2. The number of fused-ring (bicyclic) bond motifs is 1. The maximum absolute atomic E-state index is 10.4. The third kappa shape index (κ3) is 0.963. The molecule has 2 rings (SSSR count). The Kier molecular flexibility index (Phi) is 1.32. The summed E-state index contributed by atoms with van der Waals surface area (Å²) in [7, 11) is 0. The Morgan fingerprint density at radius 3 is 3.18 bits per heavy atom. The van der Waals surface area contributed by atoms with Crippen LogP contribution < -0.4 is 0 Å². The minimum absolute atomic E-state index is 0.719. The van der Waals surface area contributed by atoms with Gasteiger partial charge in [-0.05, 0) is 17.2 Å². The summed E-state index contributed by atoms with van der Waals surface area (Å²) in [5, 5.41) is 0. The first-order valence-electron chi connectivity index (χ1n) is 3.48. The van der Waals surface area contributed by atoms with E-state index in [4.69, 9.17) is 0 Å². The van der Waals surface area contributed by atoms with E-state index in [0.29, 0.717) is 0 Å². The summed E-state index contributed by atoms with van der Waals surface area (Å²) < 4.78 is 0. The Morgan fingerprint density at radius 1 is 1.45 bits per heavy atom. The van der Waals surface area contributed by atoms with Crippen LogP contribution in [0.1, 0.15) is 21.5 Å². The van der Waals surface area contributed by atoms with Crippen LogP contribution in [0.25, 0.3) is 0 Å². The summed E-state index contributed by atoms with van der Waals surface area (Å²) in [6.45, 7) is 0.719. The largest absolute Gasteiger partial charge is 0.298 e. The van der Waals surface area contributed by atoms with Gasteiger partial charge in [-0.15, -0.1) is 0 Å². The van der Waals surface area contributed by atoms with Crippen LogP contribution in [0.4, 0.5) is 0 Å². The van der Waals surface area contributed by atoms with E-state index in [1.54, 1.807) is 0 Å². The number of carbonyl (C=O) groups excluding carboxylic acids is 1. The Hall–Kier alpha value is -1.44. The second-order valence-corrected chi connectivity index (χ2v) is 2.55. The zero-order valence-electron chi connectivity index (χ0n) is 5.95. The number of rotatable bonds is 1. The molecule has 0 atom stereocenters. The Labute approximate surface area is 64.6 Å². The van der Waals surface area contributed by atoms with E-state index in [0.717, 1.165) is 29.5 Å². The molecule has 1 aromatic carbocycles. The minimum Gasteiger partial charge on any atom is -0.298 e. The average molecular weight is 145 g/mol. The summed E-state index contributed by atoms with van der Waals surface area (Å²) in [4.78, 5) is 14.5. The zero-order chi connectivity index (χ0) is 7.68. The lowest BCUT2D eigenvalue weighted by Gasteiger charge is -1.95. The molecule has 0 aliphatic carbocycles. The maximum Gasteiger partial charge on any atom is 0.150 e. The van der Waals surface area contributed by atoms with Crippen LogP contribution in [0.3, 0.4) is 0 Å². The zero-order valence-corrected chi connectivity index (χ0v) is 5.95. The van der Waals surface area contributed by atoms with Gasteiger partial charge < -0.3 is 0 Å². The van der Waals surface area contributed by atoms with Gasteiger partial charge in [-0.2, -0.15) is 0 Å². The molecule has 0 fully saturated rings. The summed E-state index contributed by atoms with van der Waals surface area (Å²) in [6, 6.07) is 5.62. The van der Waals surface area contributed by atoms with Gasteiger partial charge in [0.1, 0.15) is 6.29 Å². The number of carbonyl (C=O) groups is 1. The summed E-state index contributed by atoms with van der Waals surface area (Å²) in [6.07, 6.45) is 2.70. The van der Waals surface area contributed by atoms with E-state index >= 15 is 0 Å². The standard InChI is InChI=1S/C9H7NO/c11-6-7-1-2-8-4-10-5-9(8)3-7/h1-4,6H,5H2. The topological polar surface area (TPSA) is 29.4 Å². The molecule has 0 saturated carbocycles. The lowest BCUT2D eigenvalue weighted by molar-refractivity contribution is 0.112. The van der Waals surface area contributed by atoms with Gasteiger partial charge in [0.2, 0.25) is 0 Å². The van der Waals surface area contributed by atoms with Crippen molar-refractivity contribution in [2.45, 2.75) is 6.54 Å². The van der Waals surface area contributed by atoms with Crippen molar-refractivity contribution in [1.29, 1.82) is 0 Å². The van der Waals surface area contributed by atoms with Crippen molar-refractivity contribution in [1.82, 2.24) is 0 Å². The van der Waals surface area contributed by atoms with Gasteiger partial charge in [0.15, 0.2) is 0 Å². The fourth-order valence-corrected chi connectivity index (χ4v) is 1.20. The van der Waals surface area contributed by atoms with Crippen LogP contribution >= 0.6 is 0 Å². The quantitative estimate of drug-likeness (QED) is 0.549. The predicted octanol–water partition coefficient (Wildman–Crippen LogP) is 1.43. The van der Waals surface area contributed by atoms with Crippen LogP contribution in [0, 0.1) is 0 Å². The number of benzene rings is 1. The summed E-state index contributed by atoms with van der Waals surface area (Å²) >= 11 is 0. The fraction of sp³-hybridized carbons (Fsp3) is 0.111. The molecule has 1 aliphatic heterocycles. The molecule has 1 aromatic rings. The molecule has 54 valence electrons. The molecule has 1 heterocycles. The Balaban J connectivity index is 2.53. The van der Waals surface area contributed by atoms with Gasteiger partial charge in [-0.1, -0.05) is 12.1 Å². The third-order valence-electron chi connectivity index (χ3n) is 1.80. The van der Waals surface area contributed by atoms with Crippen LogP contribution in [0.5, 0.6) is 0 Å². The van der Waals surface area contributed by atoms with E-state index in [1.165, 1.54) is 0 Å². The Morgan fingerprint density at radius 2 is 2.36 bits per heavy atom. The van der Waals surface area contributed by atoms with Gasteiger partial charge in [-0.3, -0.25) is 9.79 Å². The normalized spacial score (nSPS) is 13.1. The van der Waals surface area contributed by atoms with Gasteiger partial charge in [0.25, 0.3) is 0 Å². The van der Waals surface area contributed by atoms with Gasteiger partial charge in [0.05, 0.1) is 6.54 Å². The molecule has 0 bridgehead atoms. The molecule has 0 aromatic heterocycles. The fourth-order valence-electron chi connectivity index (χ4n) is 1.20. The highest BCUT2D eigenvalue weighted by Gasteiger charge is 2.05. The highest BCUT2D eigenvalue weighted by Crippen LogP contribution is 2.14. The van der Waals surface area contributed by atoms with E-state index in [2.05, 4.69) is 4.99 Å². The Bertz CT molecular complexity index is 328. The van der Waals surface area contributed by atoms with E-state index in [-0.39, 0.29) is 0 Å². The van der Waals surface area contributed by atoms with Crippen molar-refractivity contribution in [3.63, 3.8) is 0 Å². The van der Waals surface area contributed by atoms with Gasteiger partial charge in [0, 0.05) is 11.8 Å². The van der Waals surface area contributed by atoms with Gasteiger partial charge in [-0.25, -0.2) is 0 Å². The van der Waals surface area contributed by atoms with E-state index in [1.807, 2.05) is 24.4 Å². The first-order valence-corrected chi connectivity index (χ1v) is 3.48. The van der Waals surface area contributed by atoms with Crippen molar-refractivity contribution in [3.8, 4) is 0 Å². The highest BCUT2D eigenvalue weighted by molar-refractivity contribution is 5.86. The maximum atomic E-state index is 10.4. The average Bonchev–Trinajstić information content (AvgIpc) is 2.50. The van der Waals surface area contributed by atoms with Crippen LogP contribution in [0.15, 0.2) is 23.2 Å². The molecule has 0 amide bonds. The smallest absolute Gasteiger partial charge is 0.150 e. The molecule has 0 radical (unpaired) electrons.